The monoisotopic (exact) mass is 566 g/mol. The molecule has 0 aliphatic carbocycles. The zero-order chi connectivity index (χ0) is 28.8. The number of hydrogen-bond donors (Lipinski definition) is 1. The van der Waals surface area contributed by atoms with Crippen molar-refractivity contribution in [2.75, 3.05) is 33.2 Å². The maximum atomic E-state index is 13.9. The van der Waals surface area contributed by atoms with Crippen LogP contribution >= 0.6 is 11.6 Å². The summed E-state index contributed by atoms with van der Waals surface area (Å²) in [6, 6.07) is 15.8. The van der Waals surface area contributed by atoms with E-state index in [1.807, 2.05) is 41.3 Å². The molecule has 7 heteroatoms. The van der Waals surface area contributed by atoms with E-state index in [0.29, 0.717) is 48.8 Å². The highest BCUT2D eigenvalue weighted by atomic mass is 35.5. The highest BCUT2D eigenvalue weighted by molar-refractivity contribution is 6.30. The number of carbonyl (C=O) groups is 2. The predicted molar refractivity (Wildman–Crippen MR) is 163 cm³/mol. The summed E-state index contributed by atoms with van der Waals surface area (Å²) in [4.78, 5) is 34.0. The number of rotatable bonds is 11. The minimum absolute atomic E-state index is 0.00685. The molecule has 218 valence electrons. The Kier molecular flexibility index (Phi) is 10.7. The molecule has 2 amide bonds. The first kappa shape index (κ1) is 30.5. The third-order valence-electron chi connectivity index (χ3n) is 8.36. The number of piperazine rings is 1. The second kappa shape index (κ2) is 14.0. The maximum Gasteiger partial charge on any atom is 0.245 e. The van der Waals surface area contributed by atoms with Crippen molar-refractivity contribution in [3.05, 3.63) is 70.2 Å². The quantitative estimate of drug-likeness (QED) is 0.387. The summed E-state index contributed by atoms with van der Waals surface area (Å²) in [6.07, 6.45) is 3.14. The molecule has 2 heterocycles. The number of nitrogens with one attached hydrogen (secondary N) is 1. The molecular weight excluding hydrogens is 520 g/mol. The molecule has 0 aromatic heterocycles. The van der Waals surface area contributed by atoms with Gasteiger partial charge in [-0.3, -0.25) is 19.4 Å². The van der Waals surface area contributed by atoms with Crippen LogP contribution < -0.4 is 5.32 Å². The SMILES string of the molecule is CC(C)CC(CC(C)C)N1CCN(C(=O)[C@@H](Cc2ccc(Cl)cc2)NC(=O)CC2c3ccccc3CN2C)CC1. The van der Waals surface area contributed by atoms with Gasteiger partial charge < -0.3 is 10.2 Å². The highest BCUT2D eigenvalue weighted by Gasteiger charge is 2.33. The standard InChI is InChI=1S/C33H47ClN4O2/c1-23(2)18-28(19-24(3)4)37-14-16-38(17-15-37)33(40)30(20-25-10-12-27(34)13-11-25)35-32(39)21-31-29-9-7-6-8-26(29)22-36(31)5/h6-13,23-24,28,30-31H,14-22H2,1-5H3,(H,35,39)/t30-,31?/m1/s1. The maximum absolute atomic E-state index is 13.9. The van der Waals surface area contributed by atoms with Gasteiger partial charge in [-0.05, 0) is 60.5 Å². The van der Waals surface area contributed by atoms with E-state index in [4.69, 9.17) is 11.6 Å². The zero-order valence-electron chi connectivity index (χ0n) is 24.9. The Morgan fingerprint density at radius 3 is 2.17 bits per heavy atom. The largest absolute Gasteiger partial charge is 0.344 e. The number of amides is 2. The van der Waals surface area contributed by atoms with Crippen LogP contribution in [0, 0.1) is 11.8 Å². The minimum atomic E-state index is -0.607. The first-order valence-electron chi connectivity index (χ1n) is 14.9. The van der Waals surface area contributed by atoms with Gasteiger partial charge in [-0.15, -0.1) is 0 Å². The van der Waals surface area contributed by atoms with Gasteiger partial charge in [-0.2, -0.15) is 0 Å². The van der Waals surface area contributed by atoms with Crippen molar-refractivity contribution in [3.8, 4) is 0 Å². The zero-order valence-corrected chi connectivity index (χ0v) is 25.7. The molecule has 1 fully saturated rings. The molecule has 2 atom stereocenters. The number of benzene rings is 2. The minimum Gasteiger partial charge on any atom is -0.344 e. The van der Waals surface area contributed by atoms with Crippen molar-refractivity contribution in [2.24, 2.45) is 11.8 Å². The molecular formula is C33H47ClN4O2. The van der Waals surface area contributed by atoms with Gasteiger partial charge in [0.05, 0.1) is 0 Å². The third-order valence-corrected chi connectivity index (χ3v) is 8.61. The van der Waals surface area contributed by atoms with Crippen LogP contribution in [-0.4, -0.2) is 71.8 Å². The molecule has 2 aromatic carbocycles. The number of carbonyl (C=O) groups excluding carboxylic acids is 2. The molecule has 0 bridgehead atoms. The Morgan fingerprint density at radius 1 is 0.925 bits per heavy atom. The van der Waals surface area contributed by atoms with Crippen LogP contribution in [0.15, 0.2) is 48.5 Å². The number of fused-ring (bicyclic) bond motifs is 1. The second-order valence-electron chi connectivity index (χ2n) is 12.6. The van der Waals surface area contributed by atoms with E-state index in [9.17, 15) is 9.59 Å². The molecule has 40 heavy (non-hydrogen) atoms. The Hall–Kier alpha value is -2.41. The molecule has 0 spiro atoms. The normalized spacial score (nSPS) is 18.9. The smallest absolute Gasteiger partial charge is 0.245 e. The molecule has 0 radical (unpaired) electrons. The van der Waals surface area contributed by atoms with Gasteiger partial charge in [0.2, 0.25) is 11.8 Å². The van der Waals surface area contributed by atoms with Gasteiger partial charge in [-0.1, -0.05) is 75.7 Å². The van der Waals surface area contributed by atoms with Crippen molar-refractivity contribution >= 4 is 23.4 Å². The van der Waals surface area contributed by atoms with Crippen LogP contribution in [0.2, 0.25) is 5.02 Å². The molecule has 1 N–H and O–H groups in total. The summed E-state index contributed by atoms with van der Waals surface area (Å²) in [5.41, 5.74) is 3.45. The third kappa shape index (κ3) is 8.08. The Balaban J connectivity index is 1.43. The van der Waals surface area contributed by atoms with E-state index in [-0.39, 0.29) is 17.9 Å². The van der Waals surface area contributed by atoms with Crippen LogP contribution in [0.5, 0.6) is 0 Å². The highest BCUT2D eigenvalue weighted by Crippen LogP contribution is 2.34. The van der Waals surface area contributed by atoms with Crippen molar-refractivity contribution < 1.29 is 9.59 Å². The fraction of sp³-hybridized carbons (Fsp3) is 0.576. The molecule has 2 aliphatic heterocycles. The number of halogens is 1. The van der Waals surface area contributed by atoms with Gasteiger partial charge in [-0.25, -0.2) is 0 Å². The lowest BCUT2D eigenvalue weighted by molar-refractivity contribution is -0.138. The molecule has 6 nitrogen and oxygen atoms in total. The van der Waals surface area contributed by atoms with Crippen LogP contribution in [-0.2, 0) is 22.6 Å². The predicted octanol–water partition coefficient (Wildman–Crippen LogP) is 5.55. The Bertz CT molecular complexity index is 1120. The lowest BCUT2D eigenvalue weighted by atomic mass is 9.94. The topological polar surface area (TPSA) is 55.9 Å². The van der Waals surface area contributed by atoms with Crippen molar-refractivity contribution in [1.29, 1.82) is 0 Å². The van der Waals surface area contributed by atoms with E-state index in [1.54, 1.807) is 0 Å². The summed E-state index contributed by atoms with van der Waals surface area (Å²) in [6.45, 7) is 13.1. The average molecular weight is 567 g/mol. The summed E-state index contributed by atoms with van der Waals surface area (Å²) in [5.74, 6) is 1.21. The van der Waals surface area contributed by atoms with Crippen LogP contribution in [0.25, 0.3) is 0 Å². The Morgan fingerprint density at radius 2 is 1.55 bits per heavy atom. The van der Waals surface area contributed by atoms with E-state index in [2.05, 4.69) is 62.0 Å². The summed E-state index contributed by atoms with van der Waals surface area (Å²) >= 11 is 6.11. The average Bonchev–Trinajstić information content (AvgIpc) is 3.23. The molecule has 1 saturated heterocycles. The second-order valence-corrected chi connectivity index (χ2v) is 13.0. The van der Waals surface area contributed by atoms with E-state index in [1.165, 1.54) is 24.0 Å². The molecule has 1 unspecified atom stereocenters. The van der Waals surface area contributed by atoms with Crippen LogP contribution in [0.3, 0.4) is 0 Å². The van der Waals surface area contributed by atoms with Crippen molar-refractivity contribution in [2.45, 2.75) is 78.0 Å². The van der Waals surface area contributed by atoms with Crippen molar-refractivity contribution in [1.82, 2.24) is 20.0 Å². The van der Waals surface area contributed by atoms with E-state index in [0.717, 1.165) is 25.2 Å². The first-order valence-corrected chi connectivity index (χ1v) is 15.3. The molecule has 2 aromatic rings. The fourth-order valence-corrected chi connectivity index (χ4v) is 6.51. The Labute approximate surface area is 246 Å². The number of hydrogen-bond acceptors (Lipinski definition) is 4. The molecule has 0 saturated carbocycles. The summed E-state index contributed by atoms with van der Waals surface area (Å²) < 4.78 is 0. The summed E-state index contributed by atoms with van der Waals surface area (Å²) in [5, 5.41) is 3.80. The van der Waals surface area contributed by atoms with Gasteiger partial charge >= 0.3 is 0 Å². The van der Waals surface area contributed by atoms with Gasteiger partial charge in [0.1, 0.15) is 6.04 Å². The molecule has 2 aliphatic rings. The van der Waals surface area contributed by atoms with Crippen LogP contribution in [0.1, 0.15) is 69.7 Å². The lowest BCUT2D eigenvalue weighted by Crippen LogP contribution is -2.57. The van der Waals surface area contributed by atoms with Gasteiger partial charge in [0, 0.05) is 62.7 Å². The van der Waals surface area contributed by atoms with E-state index < -0.39 is 6.04 Å². The summed E-state index contributed by atoms with van der Waals surface area (Å²) in [7, 11) is 2.06. The lowest BCUT2D eigenvalue weighted by Gasteiger charge is -2.41. The molecule has 4 rings (SSSR count). The fourth-order valence-electron chi connectivity index (χ4n) is 6.38. The number of nitrogens with zero attached hydrogens (tertiary/aromatic N) is 3. The first-order chi connectivity index (χ1) is 19.1. The van der Waals surface area contributed by atoms with E-state index >= 15 is 0 Å². The van der Waals surface area contributed by atoms with Crippen LogP contribution in [0.4, 0.5) is 0 Å². The van der Waals surface area contributed by atoms with Crippen molar-refractivity contribution in [3.63, 3.8) is 0 Å². The van der Waals surface area contributed by atoms with Gasteiger partial charge in [0.25, 0.3) is 0 Å². The van der Waals surface area contributed by atoms with Gasteiger partial charge in [0.15, 0.2) is 0 Å².